The van der Waals surface area contributed by atoms with Crippen molar-refractivity contribution in [3.63, 3.8) is 0 Å². The molecule has 0 radical (unpaired) electrons. The normalized spacial score (nSPS) is 14.3. The van der Waals surface area contributed by atoms with Crippen molar-refractivity contribution in [2.45, 2.75) is 37.9 Å². The van der Waals surface area contributed by atoms with Gasteiger partial charge in [-0.05, 0) is 6.92 Å². The Morgan fingerprint density at radius 3 is 1.95 bits per heavy atom. The van der Waals surface area contributed by atoms with E-state index in [0.29, 0.717) is 0 Å². The average Bonchev–Trinajstić information content (AvgIpc) is 2.35. The van der Waals surface area contributed by atoms with Crippen molar-refractivity contribution in [2.24, 2.45) is 11.5 Å². The van der Waals surface area contributed by atoms with Gasteiger partial charge in [-0.3, -0.25) is 19.2 Å². The number of carboxylic acid groups (broad SMARTS) is 2. The van der Waals surface area contributed by atoms with Crippen molar-refractivity contribution in [2.75, 3.05) is 0 Å². The van der Waals surface area contributed by atoms with E-state index >= 15 is 0 Å². The molecule has 0 saturated carbocycles. The van der Waals surface area contributed by atoms with Gasteiger partial charge in [0.2, 0.25) is 17.7 Å². The van der Waals surface area contributed by atoms with E-state index < -0.39 is 60.6 Å². The molecule has 0 aromatic rings. The lowest BCUT2D eigenvalue weighted by Gasteiger charge is -2.19. The van der Waals surface area contributed by atoms with Crippen molar-refractivity contribution < 1.29 is 34.2 Å². The minimum atomic E-state index is -1.53. The molecule has 0 heterocycles. The van der Waals surface area contributed by atoms with E-state index in [1.807, 2.05) is 5.32 Å². The number of aliphatic carboxylic acids is 2. The minimum Gasteiger partial charge on any atom is -0.481 e. The molecule has 0 aromatic heterocycles. The molecule has 124 valence electrons. The minimum absolute atomic E-state index is 0.611. The molecular weight excluding hydrogens is 300 g/mol. The Bertz CT molecular complexity index is 479. The van der Waals surface area contributed by atoms with Gasteiger partial charge in [0.25, 0.3) is 0 Å². The van der Waals surface area contributed by atoms with Crippen LogP contribution < -0.4 is 22.1 Å². The van der Waals surface area contributed by atoms with E-state index in [1.54, 1.807) is 0 Å². The summed E-state index contributed by atoms with van der Waals surface area (Å²) in [7, 11) is 0. The predicted molar refractivity (Wildman–Crippen MR) is 71.2 cm³/mol. The summed E-state index contributed by atoms with van der Waals surface area (Å²) in [6, 6.07) is -4.06. The summed E-state index contributed by atoms with van der Waals surface area (Å²) in [6.45, 7) is 1.24. The lowest BCUT2D eigenvalue weighted by molar-refractivity contribution is -0.143. The van der Waals surface area contributed by atoms with Crippen LogP contribution in [0.2, 0.25) is 0 Å². The molecule has 0 rings (SSSR count). The van der Waals surface area contributed by atoms with Crippen LogP contribution in [-0.2, 0) is 24.0 Å². The van der Waals surface area contributed by atoms with Gasteiger partial charge in [-0.25, -0.2) is 4.79 Å². The van der Waals surface area contributed by atoms with Gasteiger partial charge in [-0.15, -0.1) is 0 Å². The highest BCUT2D eigenvalue weighted by atomic mass is 16.4. The van der Waals surface area contributed by atoms with Crippen LogP contribution in [0.25, 0.3) is 0 Å². The van der Waals surface area contributed by atoms with Crippen molar-refractivity contribution in [3.05, 3.63) is 0 Å². The predicted octanol–water partition coefficient (Wildman–Crippen LogP) is -3.26. The number of carbonyl (C=O) groups is 5. The van der Waals surface area contributed by atoms with Crippen molar-refractivity contribution in [1.29, 1.82) is 0 Å². The molecule has 11 heteroatoms. The number of amides is 3. The van der Waals surface area contributed by atoms with Gasteiger partial charge >= 0.3 is 11.9 Å². The second-order valence-electron chi connectivity index (χ2n) is 4.50. The van der Waals surface area contributed by atoms with Gasteiger partial charge in [-0.1, -0.05) is 0 Å². The first-order valence-electron chi connectivity index (χ1n) is 6.13. The van der Waals surface area contributed by atoms with Crippen LogP contribution in [0.5, 0.6) is 0 Å². The monoisotopic (exact) mass is 318 g/mol. The molecule has 0 fully saturated rings. The quantitative estimate of drug-likeness (QED) is 0.254. The summed E-state index contributed by atoms with van der Waals surface area (Å²) in [5.41, 5.74) is 10.2. The zero-order chi connectivity index (χ0) is 17.4. The number of carboxylic acids is 2. The Hall–Kier alpha value is -2.69. The lowest BCUT2D eigenvalue weighted by atomic mass is 10.1. The Kier molecular flexibility index (Phi) is 7.52. The van der Waals surface area contributed by atoms with Gasteiger partial charge in [0.05, 0.1) is 18.9 Å². The second kappa shape index (κ2) is 8.56. The molecule has 22 heavy (non-hydrogen) atoms. The van der Waals surface area contributed by atoms with Crippen LogP contribution >= 0.6 is 0 Å². The van der Waals surface area contributed by atoms with E-state index in [1.165, 1.54) is 6.92 Å². The van der Waals surface area contributed by atoms with Crippen LogP contribution in [0, 0.1) is 0 Å². The number of nitrogens with two attached hydrogens (primary N) is 2. The third-order valence-electron chi connectivity index (χ3n) is 2.50. The third kappa shape index (κ3) is 7.19. The second-order valence-corrected chi connectivity index (χ2v) is 4.50. The molecular formula is C11H18N4O7. The van der Waals surface area contributed by atoms with Gasteiger partial charge in [0.1, 0.15) is 12.1 Å². The fourth-order valence-corrected chi connectivity index (χ4v) is 1.36. The molecule has 11 nitrogen and oxygen atoms in total. The van der Waals surface area contributed by atoms with Crippen LogP contribution in [0.1, 0.15) is 19.8 Å². The smallest absolute Gasteiger partial charge is 0.326 e. The van der Waals surface area contributed by atoms with Crippen LogP contribution in [0.3, 0.4) is 0 Å². The summed E-state index contributed by atoms with van der Waals surface area (Å²) in [5, 5.41) is 21.5. The zero-order valence-corrected chi connectivity index (χ0v) is 11.7. The molecule has 0 aliphatic heterocycles. The summed E-state index contributed by atoms with van der Waals surface area (Å²) in [5.74, 6) is -5.44. The van der Waals surface area contributed by atoms with Crippen molar-refractivity contribution >= 4 is 29.7 Å². The maximum absolute atomic E-state index is 11.7. The number of hydrogen-bond donors (Lipinski definition) is 6. The molecule has 0 spiro atoms. The lowest BCUT2D eigenvalue weighted by Crippen LogP contribution is -2.54. The van der Waals surface area contributed by atoms with Crippen molar-refractivity contribution in [1.82, 2.24) is 10.6 Å². The molecule has 3 amide bonds. The van der Waals surface area contributed by atoms with Gasteiger partial charge < -0.3 is 32.3 Å². The standard InChI is InChI=1S/C11H18N4O7/c1-4(14-10(20)5(12)2-8(17)18)9(19)15-6(11(21)22)3-7(13)16/h4-6H,2-3,12H2,1H3,(H2,13,16)(H,14,20)(H,15,19)(H,17,18)(H,21,22). The Morgan fingerprint density at radius 1 is 1.00 bits per heavy atom. The van der Waals surface area contributed by atoms with E-state index in [-0.39, 0.29) is 0 Å². The first-order valence-corrected chi connectivity index (χ1v) is 6.13. The molecule has 3 unspecified atom stereocenters. The fourth-order valence-electron chi connectivity index (χ4n) is 1.36. The van der Waals surface area contributed by atoms with E-state index in [4.69, 9.17) is 21.7 Å². The van der Waals surface area contributed by atoms with Crippen molar-refractivity contribution in [3.8, 4) is 0 Å². The summed E-state index contributed by atoms with van der Waals surface area (Å²) >= 11 is 0. The molecule has 0 aliphatic carbocycles. The third-order valence-corrected chi connectivity index (χ3v) is 2.50. The van der Waals surface area contributed by atoms with Gasteiger partial charge in [-0.2, -0.15) is 0 Å². The topological polar surface area (TPSA) is 202 Å². The summed E-state index contributed by atoms with van der Waals surface area (Å²) in [6.07, 6.45) is -1.24. The van der Waals surface area contributed by atoms with Crippen LogP contribution in [-0.4, -0.2) is 58.0 Å². The van der Waals surface area contributed by atoms with E-state index in [0.717, 1.165) is 0 Å². The average molecular weight is 318 g/mol. The number of carbonyl (C=O) groups excluding carboxylic acids is 3. The SMILES string of the molecule is CC(NC(=O)C(N)CC(=O)O)C(=O)NC(CC(N)=O)C(=O)O. The molecule has 0 saturated heterocycles. The van der Waals surface area contributed by atoms with E-state index in [9.17, 15) is 24.0 Å². The summed E-state index contributed by atoms with van der Waals surface area (Å²) < 4.78 is 0. The molecule has 8 N–H and O–H groups in total. The number of hydrogen-bond acceptors (Lipinski definition) is 6. The number of primary amides is 1. The van der Waals surface area contributed by atoms with Crippen LogP contribution in [0.4, 0.5) is 0 Å². The first kappa shape index (κ1) is 19.3. The van der Waals surface area contributed by atoms with Crippen LogP contribution in [0.15, 0.2) is 0 Å². The van der Waals surface area contributed by atoms with E-state index in [2.05, 4.69) is 5.32 Å². The largest absolute Gasteiger partial charge is 0.481 e. The van der Waals surface area contributed by atoms with Gasteiger partial charge in [0, 0.05) is 0 Å². The number of nitrogens with one attached hydrogen (secondary N) is 2. The highest BCUT2D eigenvalue weighted by molar-refractivity contribution is 5.93. The molecule has 0 bridgehead atoms. The number of rotatable bonds is 9. The maximum Gasteiger partial charge on any atom is 0.326 e. The Balaban J connectivity index is 4.58. The molecule has 0 aliphatic rings. The zero-order valence-electron chi connectivity index (χ0n) is 11.7. The first-order chi connectivity index (χ1) is 10.0. The van der Waals surface area contributed by atoms with Gasteiger partial charge in [0.15, 0.2) is 0 Å². The summed E-state index contributed by atoms with van der Waals surface area (Å²) in [4.78, 5) is 55.2. The fraction of sp³-hybridized carbons (Fsp3) is 0.545. The molecule has 3 atom stereocenters. The maximum atomic E-state index is 11.7. The highest BCUT2D eigenvalue weighted by Crippen LogP contribution is 1.95. The Labute approximate surface area is 125 Å². The highest BCUT2D eigenvalue weighted by Gasteiger charge is 2.26. The Morgan fingerprint density at radius 2 is 1.55 bits per heavy atom. The molecule has 0 aromatic carbocycles.